The highest BCUT2D eigenvalue weighted by atomic mass is 32.2. The van der Waals surface area contributed by atoms with Crippen LogP contribution in [0.3, 0.4) is 0 Å². The monoisotopic (exact) mass is 1880 g/mol. The fourth-order valence-electron chi connectivity index (χ4n) is 13.5. The number of amides is 1. The van der Waals surface area contributed by atoms with E-state index in [2.05, 4.69) is 80.1 Å². The molecule has 0 saturated carbocycles. The molecule has 16 rings (SSSR count). The van der Waals surface area contributed by atoms with Gasteiger partial charge in [0.25, 0.3) is 0 Å². The molecule has 11 aromatic heterocycles. The second kappa shape index (κ2) is 45.3. The minimum Gasteiger partial charge on any atom is -0.445 e. The van der Waals surface area contributed by atoms with Gasteiger partial charge in [-0.3, -0.25) is 26.8 Å². The molecule has 0 fully saturated rings. The van der Waals surface area contributed by atoms with E-state index in [4.69, 9.17) is 45.0 Å². The van der Waals surface area contributed by atoms with E-state index in [-0.39, 0.29) is 19.8 Å². The van der Waals surface area contributed by atoms with Crippen molar-refractivity contribution in [3.8, 4) is 65.1 Å². The summed E-state index contributed by atoms with van der Waals surface area (Å²) in [6.07, 6.45) is 21.9. The number of anilines is 2. The number of thiazole rings is 4. The Kier molecular flexibility index (Phi) is 33.7. The summed E-state index contributed by atoms with van der Waals surface area (Å²) in [5, 5.41) is 16.9. The number of nitrogens with two attached hydrogens (primary N) is 2. The van der Waals surface area contributed by atoms with Crippen molar-refractivity contribution in [2.75, 3.05) is 88.9 Å². The first-order valence-corrected chi connectivity index (χ1v) is 51.9. The third-order valence-electron chi connectivity index (χ3n) is 20.2. The summed E-state index contributed by atoms with van der Waals surface area (Å²) in [4.78, 5) is 75.8. The predicted octanol–water partition coefficient (Wildman–Crippen LogP) is 21.1. The summed E-state index contributed by atoms with van der Waals surface area (Å²) in [5.41, 5.74) is 32.1. The number of nitrogens with zero attached hydrogens (tertiary/aromatic N) is 12. The maximum absolute atomic E-state index is 13.0. The molecule has 35 heteroatoms. The molecule has 4 atom stereocenters. The van der Waals surface area contributed by atoms with E-state index in [1.807, 2.05) is 159 Å². The van der Waals surface area contributed by atoms with Crippen LogP contribution in [-0.4, -0.2) is 168 Å². The number of thiophene rings is 2. The second-order valence-corrected chi connectivity index (χ2v) is 42.6. The number of rotatable bonds is 34. The fraction of sp³-hybridized carbons (Fsp3) is 0.341. The van der Waals surface area contributed by atoms with Crippen LogP contribution in [0.1, 0.15) is 139 Å². The standard InChI is InChI=1S/C26H31N5O3S3.C26H30N4O4S3.C20H21N3OS2.C19H19N3O2S2/c1-4-5-14-37(33)25-22(27)21-19(15-20(30-24(21)36-25)23-28-11-13-35-23)18-8-6-17(7-9-18)16-34-26(32)29-10-12-31(2)3;1-4-5-14-37(32)25-22(27)21-19(15-20(29-24(21)36-25)23-28-10-13-35-23)18-8-6-17(7-9-18)16-34-26(31)33-12-11-30(2)3;1-3-4-7-26(24)15-9-17-16(14-8-13(2)22-12-14)11-19(23-18(17)10-15)20-21-5-6-25-20;1-3-4-7-26(23)17-10-15-14(13-8-12(2)21-11-13)9-16(22-18(15)24-17)19-20-5-6-25-19/h6-9,11,13,15H,4-5,10,12,14,16,27H2,1-3H3,(H,29,32);6-10,13,15H,4-5,11-12,14,16,27H2,1-3H3;5-6,9,11-12H,3-4,7-8,10H2,1-2H3;5-6,9-11H,3-4,7-8H2,1-2H3. The number of unbranched alkanes of at least 4 members (excludes halogenated alkanes) is 4. The number of hydrogen-bond donors (Lipinski definition) is 3. The van der Waals surface area contributed by atoms with Gasteiger partial charge in [-0.2, -0.15) is 0 Å². The maximum Gasteiger partial charge on any atom is 0.508 e. The molecular formula is C91H101N15O10S10. The van der Waals surface area contributed by atoms with E-state index in [1.165, 1.54) is 62.3 Å². The Balaban J connectivity index is 0.000000146. The average Bonchev–Trinajstić information content (AvgIpc) is 1.58. The Bertz CT molecular complexity index is 6000. The predicted molar refractivity (Wildman–Crippen MR) is 523 cm³/mol. The molecule has 13 heterocycles. The van der Waals surface area contributed by atoms with E-state index in [9.17, 15) is 26.4 Å². The molecule has 3 aliphatic rings. The van der Waals surface area contributed by atoms with Gasteiger partial charge >= 0.3 is 12.2 Å². The van der Waals surface area contributed by atoms with Gasteiger partial charge in [-0.15, -0.1) is 68.0 Å². The summed E-state index contributed by atoms with van der Waals surface area (Å²) in [5.74, 6) is 2.50. The second-order valence-electron chi connectivity index (χ2n) is 30.4. The number of ether oxygens (including phenoxy) is 3. The van der Waals surface area contributed by atoms with Crippen molar-refractivity contribution in [1.82, 2.24) is 55.0 Å². The van der Waals surface area contributed by atoms with Crippen molar-refractivity contribution in [2.24, 2.45) is 9.98 Å². The first kappa shape index (κ1) is 93.9. The lowest BCUT2D eigenvalue weighted by molar-refractivity contribution is 0.0461. The molecule has 13 aromatic rings. The zero-order chi connectivity index (χ0) is 88.9. The van der Waals surface area contributed by atoms with Gasteiger partial charge in [-0.1, -0.05) is 102 Å². The number of likely N-dealkylation sites (N-methyl/N-ethyl adjacent to an activating group) is 2. The molecule has 2 aliphatic heterocycles. The van der Waals surface area contributed by atoms with Crippen molar-refractivity contribution in [2.45, 2.75) is 139 Å². The molecule has 660 valence electrons. The number of carbonyl (C=O) groups excluding carboxylic acids is 2. The van der Waals surface area contributed by atoms with E-state index in [0.29, 0.717) is 67.4 Å². The smallest absolute Gasteiger partial charge is 0.445 e. The summed E-state index contributed by atoms with van der Waals surface area (Å²) < 4.78 is 74.0. The first-order valence-electron chi connectivity index (χ1n) is 41.5. The largest absolute Gasteiger partial charge is 0.508 e. The quantitative estimate of drug-likeness (QED) is 0.0315. The number of alkyl carbamates (subject to hydrolysis) is 1. The number of aromatic nitrogens is 8. The lowest BCUT2D eigenvalue weighted by Gasteiger charge is -2.11. The minimum absolute atomic E-state index is 0.109. The van der Waals surface area contributed by atoms with Gasteiger partial charge < -0.3 is 45.2 Å². The molecular weight excluding hydrogens is 1780 g/mol. The van der Waals surface area contributed by atoms with Crippen LogP contribution in [0.5, 0.6) is 0 Å². The zero-order valence-electron chi connectivity index (χ0n) is 71.9. The molecule has 5 N–H and O–H groups in total. The summed E-state index contributed by atoms with van der Waals surface area (Å²) >= 11 is 8.95. The molecule has 4 unspecified atom stereocenters. The van der Waals surface area contributed by atoms with Gasteiger partial charge in [0.2, 0.25) is 5.71 Å². The lowest BCUT2D eigenvalue weighted by Crippen LogP contribution is -2.31. The Morgan fingerprint density at radius 2 is 0.944 bits per heavy atom. The Hall–Kier alpha value is -9.76. The van der Waals surface area contributed by atoms with E-state index in [0.717, 1.165) is 223 Å². The normalized spacial score (nSPS) is 13.8. The van der Waals surface area contributed by atoms with Crippen molar-refractivity contribution >= 4 is 195 Å². The highest BCUT2D eigenvalue weighted by Crippen LogP contribution is 2.47. The number of nitrogen functional groups attached to an aromatic ring is 2. The number of allylic oxidation sites excluding steroid dienone is 3. The molecule has 0 bridgehead atoms. The highest BCUT2D eigenvalue weighted by Gasteiger charge is 2.29. The molecule has 0 saturated heterocycles. The summed E-state index contributed by atoms with van der Waals surface area (Å²) in [7, 11) is 3.30. The Labute approximate surface area is 767 Å². The number of benzene rings is 2. The first-order chi connectivity index (χ1) is 61.0. The van der Waals surface area contributed by atoms with Crippen LogP contribution in [0.2, 0.25) is 0 Å². The van der Waals surface area contributed by atoms with Crippen molar-refractivity contribution in [1.29, 1.82) is 0 Å². The molecule has 0 radical (unpaired) electrons. The number of aliphatic imine (C=N–C) groups is 2. The van der Waals surface area contributed by atoms with Gasteiger partial charge in [-0.25, -0.2) is 49.5 Å². The molecule has 1 aliphatic carbocycles. The molecule has 1 amide bonds. The topological polar surface area (TPSA) is 342 Å². The van der Waals surface area contributed by atoms with Gasteiger partial charge in [0, 0.05) is 176 Å². The molecule has 0 spiro atoms. The van der Waals surface area contributed by atoms with E-state index >= 15 is 0 Å². The van der Waals surface area contributed by atoms with E-state index < -0.39 is 55.4 Å². The molecule has 25 nitrogen and oxygen atoms in total. The SMILES string of the molecule is CCCCS(=O)C1=Cc2c(C3=CN=C(C)C3)cc(-c3nccs3)nc2C1.CCCCS(=O)c1cc2c(C3=CN=C(C)C3)cc(-c3nccs3)nc2o1.CCCCS(=O)c1sc2nc(-c3nccs3)cc(-c3ccc(COC(=O)NCCN(C)C)cc3)c2c1N.CCCCS(=O)c1sc2nc(-c3nccs3)cc(-c3ccc(COC(=O)OCCN(C)C)cc3)c2c1N. The minimum atomic E-state index is -1.17. The Morgan fingerprint density at radius 3 is 1.40 bits per heavy atom. The summed E-state index contributed by atoms with van der Waals surface area (Å²) in [6.45, 7) is 14.9. The fourth-order valence-corrected chi connectivity index (χ4v) is 24.0. The van der Waals surface area contributed by atoms with Crippen LogP contribution < -0.4 is 16.8 Å². The van der Waals surface area contributed by atoms with Crippen molar-refractivity contribution < 1.29 is 45.1 Å². The highest BCUT2D eigenvalue weighted by molar-refractivity contribution is 7.89. The van der Waals surface area contributed by atoms with Crippen LogP contribution in [0.25, 0.3) is 114 Å². The van der Waals surface area contributed by atoms with Gasteiger partial charge in [-0.05, 0) is 154 Å². The van der Waals surface area contributed by atoms with Crippen LogP contribution in [0.15, 0.2) is 170 Å². The number of carbonyl (C=O) groups is 2. The number of nitrogens with one attached hydrogen (secondary N) is 1. The third kappa shape index (κ3) is 24.2. The average molecular weight is 1890 g/mol. The van der Waals surface area contributed by atoms with Crippen LogP contribution >= 0.6 is 68.0 Å². The Morgan fingerprint density at radius 1 is 0.508 bits per heavy atom. The van der Waals surface area contributed by atoms with Crippen molar-refractivity contribution in [3.63, 3.8) is 0 Å². The molecule has 2 aromatic carbocycles. The number of fused-ring (bicyclic) bond motifs is 4. The number of pyridine rings is 4. The maximum atomic E-state index is 13.0. The van der Waals surface area contributed by atoms with Gasteiger partial charge in [0.1, 0.15) is 75.0 Å². The number of hydrogen-bond acceptors (Lipinski definition) is 30. The third-order valence-corrected chi connectivity index (χ3v) is 32.2. The zero-order valence-corrected chi connectivity index (χ0v) is 80.1. The molecule has 126 heavy (non-hydrogen) atoms. The summed E-state index contributed by atoms with van der Waals surface area (Å²) in [6, 6.07) is 25.6. The van der Waals surface area contributed by atoms with Crippen LogP contribution in [-0.2, 0) is 77.0 Å². The van der Waals surface area contributed by atoms with Gasteiger partial charge in [0.15, 0.2) is 5.09 Å². The van der Waals surface area contributed by atoms with Gasteiger partial charge in [0.05, 0.1) is 55.2 Å². The van der Waals surface area contributed by atoms with E-state index in [1.54, 1.807) is 36.1 Å². The van der Waals surface area contributed by atoms with Crippen LogP contribution in [0, 0.1) is 0 Å². The van der Waals surface area contributed by atoms with Crippen molar-refractivity contribution in [3.05, 3.63) is 176 Å². The van der Waals surface area contributed by atoms with Crippen LogP contribution in [0.4, 0.5) is 21.0 Å². The lowest BCUT2D eigenvalue weighted by atomic mass is 9.97. The number of furan rings is 1.